The maximum Gasteiger partial charge on any atom is 0.258 e. The zero-order chi connectivity index (χ0) is 32.0. The van der Waals surface area contributed by atoms with Gasteiger partial charge in [-0.25, -0.2) is 4.39 Å². The Kier molecular flexibility index (Phi) is 10.1. The summed E-state index contributed by atoms with van der Waals surface area (Å²) in [5.74, 6) is -0.405. The van der Waals surface area contributed by atoms with Crippen LogP contribution in [0.5, 0.6) is 0 Å². The van der Waals surface area contributed by atoms with Crippen molar-refractivity contribution in [1.82, 2.24) is 4.57 Å². The van der Waals surface area contributed by atoms with Gasteiger partial charge in [-0.2, -0.15) is 0 Å². The topological polar surface area (TPSA) is 69.6 Å². The molecule has 1 N–H and O–H groups in total. The Hall–Kier alpha value is -4.07. The molecule has 6 rings (SSSR count). The van der Waals surface area contributed by atoms with Gasteiger partial charge >= 0.3 is 0 Å². The smallest absolute Gasteiger partial charge is 0.258 e. The summed E-state index contributed by atoms with van der Waals surface area (Å²) in [5, 5.41) is 3.12. The summed E-state index contributed by atoms with van der Waals surface area (Å²) in [6.07, 6.45) is 6.05. The summed E-state index contributed by atoms with van der Waals surface area (Å²) >= 11 is 0. The number of para-hydroxylation sites is 1. The number of carbonyl (C=O) groups excluding carboxylic acids is 2. The SMILES string of the molecule is CC(C)c1c(C(=O)Nc2ccccc2)c(-c2ccccc2)c(-c2ccc(F)cc2)n1CCC1CC(=O)CC(OC2CCCCC2)O1. The van der Waals surface area contributed by atoms with E-state index in [-0.39, 0.29) is 42.1 Å². The second-order valence-electron chi connectivity index (χ2n) is 12.8. The second kappa shape index (κ2) is 14.6. The molecule has 6 nitrogen and oxygen atoms in total. The van der Waals surface area contributed by atoms with E-state index in [2.05, 4.69) is 23.7 Å². The van der Waals surface area contributed by atoms with Gasteiger partial charge in [0.05, 0.1) is 29.9 Å². The molecule has 7 heteroatoms. The van der Waals surface area contributed by atoms with Crippen LogP contribution in [0.1, 0.15) is 87.2 Å². The molecule has 3 aromatic carbocycles. The fraction of sp³-hybridized carbons (Fsp3) is 0.385. The van der Waals surface area contributed by atoms with Crippen molar-refractivity contribution in [2.75, 3.05) is 5.32 Å². The van der Waals surface area contributed by atoms with Crippen molar-refractivity contribution in [1.29, 1.82) is 0 Å². The predicted molar refractivity (Wildman–Crippen MR) is 179 cm³/mol. The quantitative estimate of drug-likeness (QED) is 0.192. The van der Waals surface area contributed by atoms with Crippen LogP contribution in [0, 0.1) is 5.82 Å². The van der Waals surface area contributed by atoms with Crippen LogP contribution in [0.15, 0.2) is 84.9 Å². The number of halogens is 1. The molecular weight excluding hydrogens is 579 g/mol. The zero-order valence-electron chi connectivity index (χ0n) is 26.7. The summed E-state index contributed by atoms with van der Waals surface area (Å²) in [4.78, 5) is 27.2. The molecule has 2 fully saturated rings. The molecular formula is C39H43FN2O4. The van der Waals surface area contributed by atoms with Crippen LogP contribution >= 0.6 is 0 Å². The molecule has 1 aliphatic carbocycles. The minimum atomic E-state index is -0.521. The van der Waals surface area contributed by atoms with Crippen molar-refractivity contribution < 1.29 is 23.5 Å². The molecule has 1 saturated heterocycles. The van der Waals surface area contributed by atoms with Crippen molar-refractivity contribution in [2.24, 2.45) is 0 Å². The maximum atomic E-state index is 14.3. The molecule has 46 heavy (non-hydrogen) atoms. The Morgan fingerprint density at radius 3 is 2.26 bits per heavy atom. The van der Waals surface area contributed by atoms with E-state index < -0.39 is 6.29 Å². The van der Waals surface area contributed by atoms with E-state index in [0.717, 1.165) is 53.8 Å². The van der Waals surface area contributed by atoms with Gasteiger partial charge in [0.25, 0.3) is 5.91 Å². The van der Waals surface area contributed by atoms with Crippen molar-refractivity contribution >= 4 is 17.4 Å². The van der Waals surface area contributed by atoms with Gasteiger partial charge in [0.1, 0.15) is 11.6 Å². The van der Waals surface area contributed by atoms with Crippen LogP contribution in [0.3, 0.4) is 0 Å². The normalized spacial score (nSPS) is 19.0. The fourth-order valence-electron chi connectivity index (χ4n) is 6.98. The number of rotatable bonds is 10. The van der Waals surface area contributed by atoms with Gasteiger partial charge in [-0.1, -0.05) is 81.6 Å². The van der Waals surface area contributed by atoms with E-state index in [0.29, 0.717) is 30.6 Å². The lowest BCUT2D eigenvalue weighted by molar-refractivity contribution is -0.216. The highest BCUT2D eigenvalue weighted by atomic mass is 19.1. The van der Waals surface area contributed by atoms with Crippen LogP contribution in [0.25, 0.3) is 22.4 Å². The third-order valence-electron chi connectivity index (χ3n) is 9.05. The van der Waals surface area contributed by atoms with Gasteiger partial charge in [0.15, 0.2) is 6.29 Å². The van der Waals surface area contributed by atoms with Crippen LogP contribution in [0.2, 0.25) is 0 Å². The third-order valence-corrected chi connectivity index (χ3v) is 9.05. The van der Waals surface area contributed by atoms with Gasteiger partial charge in [-0.3, -0.25) is 9.59 Å². The first-order chi connectivity index (χ1) is 22.4. The number of nitrogens with zero attached hydrogens (tertiary/aromatic N) is 1. The number of Topliss-reactive ketones (excluding diaryl/α,β-unsaturated/α-hetero) is 1. The number of ether oxygens (including phenoxy) is 2. The maximum absolute atomic E-state index is 14.3. The summed E-state index contributed by atoms with van der Waals surface area (Å²) < 4.78 is 29.1. The Balaban J connectivity index is 1.41. The number of ketones is 1. The second-order valence-corrected chi connectivity index (χ2v) is 12.8. The molecule has 0 radical (unpaired) electrons. The highest BCUT2D eigenvalue weighted by molar-refractivity contribution is 6.12. The van der Waals surface area contributed by atoms with Crippen molar-refractivity contribution in [3.05, 3.63) is 102 Å². The molecule has 2 unspecified atom stereocenters. The Morgan fingerprint density at radius 2 is 1.59 bits per heavy atom. The number of hydrogen-bond donors (Lipinski definition) is 1. The van der Waals surface area contributed by atoms with Gasteiger partial charge in [0.2, 0.25) is 0 Å². The van der Waals surface area contributed by atoms with E-state index >= 15 is 0 Å². The van der Waals surface area contributed by atoms with Gasteiger partial charge < -0.3 is 19.4 Å². The number of anilines is 1. The zero-order valence-corrected chi connectivity index (χ0v) is 26.7. The summed E-state index contributed by atoms with van der Waals surface area (Å²) in [6, 6.07) is 25.8. The third kappa shape index (κ3) is 7.32. The van der Waals surface area contributed by atoms with E-state index in [1.165, 1.54) is 18.6 Å². The summed E-state index contributed by atoms with van der Waals surface area (Å²) in [5.41, 5.74) is 5.50. The highest BCUT2D eigenvalue weighted by Crippen LogP contribution is 2.43. The lowest BCUT2D eigenvalue weighted by Gasteiger charge is -2.33. The highest BCUT2D eigenvalue weighted by Gasteiger charge is 2.33. The van der Waals surface area contributed by atoms with Crippen LogP contribution < -0.4 is 5.32 Å². The predicted octanol–water partition coefficient (Wildman–Crippen LogP) is 9.15. The number of hydrogen-bond acceptors (Lipinski definition) is 4. The molecule has 1 amide bonds. The number of nitrogens with one attached hydrogen (secondary N) is 1. The first-order valence-corrected chi connectivity index (χ1v) is 16.6. The van der Waals surface area contributed by atoms with Gasteiger partial charge in [-0.05, 0) is 72.7 Å². The molecule has 0 bridgehead atoms. The largest absolute Gasteiger partial charge is 0.349 e. The summed E-state index contributed by atoms with van der Waals surface area (Å²) in [7, 11) is 0. The number of benzene rings is 3. The number of aromatic nitrogens is 1. The van der Waals surface area contributed by atoms with E-state index in [4.69, 9.17) is 9.47 Å². The first kappa shape index (κ1) is 31.9. The molecule has 2 atom stereocenters. The molecule has 1 saturated carbocycles. The van der Waals surface area contributed by atoms with Crippen LogP contribution in [-0.2, 0) is 20.8 Å². The Bertz CT molecular complexity index is 1630. The number of carbonyl (C=O) groups is 2. The van der Waals surface area contributed by atoms with Crippen molar-refractivity contribution in [3.8, 4) is 22.4 Å². The van der Waals surface area contributed by atoms with Crippen molar-refractivity contribution in [3.63, 3.8) is 0 Å². The molecule has 0 spiro atoms. The molecule has 240 valence electrons. The standard InChI is InChI=1S/C39H43FN2O4/c1-26(2)37-36(39(44)41-30-14-8-4-9-15-30)35(27-12-6-3-7-13-27)38(28-18-20-29(40)21-19-28)42(37)23-22-33-24-31(43)25-34(46-33)45-32-16-10-5-11-17-32/h3-4,6-9,12-15,18-21,26,32-34H,5,10-11,16-17,22-25H2,1-2H3,(H,41,44). The van der Waals surface area contributed by atoms with Gasteiger partial charge in [-0.15, -0.1) is 0 Å². The van der Waals surface area contributed by atoms with Crippen LogP contribution in [0.4, 0.5) is 10.1 Å². The minimum absolute atomic E-state index is 0.0236. The average Bonchev–Trinajstić information content (AvgIpc) is 3.41. The molecule has 1 aliphatic heterocycles. The molecule has 2 aliphatic rings. The lowest BCUT2D eigenvalue weighted by atomic mass is 9.94. The Labute approximate surface area is 270 Å². The number of amides is 1. The van der Waals surface area contributed by atoms with E-state index in [9.17, 15) is 14.0 Å². The van der Waals surface area contributed by atoms with Crippen LogP contribution in [-0.4, -0.2) is 34.8 Å². The molecule has 4 aromatic rings. The first-order valence-electron chi connectivity index (χ1n) is 16.6. The fourth-order valence-corrected chi connectivity index (χ4v) is 6.98. The molecule has 1 aromatic heterocycles. The Morgan fingerprint density at radius 1 is 0.913 bits per heavy atom. The molecule has 2 heterocycles. The van der Waals surface area contributed by atoms with Gasteiger partial charge in [0, 0.05) is 29.9 Å². The minimum Gasteiger partial charge on any atom is -0.349 e. The summed E-state index contributed by atoms with van der Waals surface area (Å²) in [6.45, 7) is 4.68. The van der Waals surface area contributed by atoms with Crippen molar-refractivity contribution in [2.45, 2.75) is 96.2 Å². The lowest BCUT2D eigenvalue weighted by Crippen LogP contribution is -2.38. The van der Waals surface area contributed by atoms with E-state index in [1.54, 1.807) is 12.1 Å². The van der Waals surface area contributed by atoms with E-state index in [1.807, 2.05) is 60.7 Å². The monoisotopic (exact) mass is 622 g/mol. The average molecular weight is 623 g/mol.